The Hall–Kier alpha value is -1.58. The van der Waals surface area contributed by atoms with Gasteiger partial charge in [0, 0.05) is 5.56 Å². The minimum atomic E-state index is -0.729. The molecule has 0 bridgehead atoms. The summed E-state index contributed by atoms with van der Waals surface area (Å²) < 4.78 is 5.51. The Morgan fingerprint density at radius 2 is 2.18 bits per heavy atom. The van der Waals surface area contributed by atoms with E-state index in [1.54, 1.807) is 12.1 Å². The highest BCUT2D eigenvalue weighted by Crippen LogP contribution is 2.34. The van der Waals surface area contributed by atoms with Crippen molar-refractivity contribution in [2.75, 3.05) is 0 Å². The maximum atomic E-state index is 10.1. The Morgan fingerprint density at radius 1 is 1.35 bits per heavy atom. The topological polar surface area (TPSA) is 49.7 Å². The van der Waals surface area contributed by atoms with Gasteiger partial charge in [-0.1, -0.05) is 36.4 Å². The molecule has 0 aromatic heterocycles. The molecule has 0 fully saturated rings. The summed E-state index contributed by atoms with van der Waals surface area (Å²) in [6.07, 6.45) is 6.37. The summed E-state index contributed by atoms with van der Waals surface area (Å²) in [5, 5.41) is 19.8. The first-order chi connectivity index (χ1) is 8.24. The van der Waals surface area contributed by atoms with Crippen molar-refractivity contribution in [2.24, 2.45) is 0 Å². The van der Waals surface area contributed by atoms with Crippen LogP contribution in [-0.4, -0.2) is 16.3 Å². The first-order valence-electron chi connectivity index (χ1n) is 5.64. The molecule has 1 aliphatic rings. The van der Waals surface area contributed by atoms with E-state index in [1.165, 1.54) is 0 Å². The molecule has 3 nitrogen and oxygen atoms in total. The summed E-state index contributed by atoms with van der Waals surface area (Å²) in [6.45, 7) is 2.25. The fraction of sp³-hybridized carbons (Fsp3) is 0.286. The van der Waals surface area contributed by atoms with E-state index in [2.05, 4.69) is 0 Å². The molecule has 1 aromatic rings. The maximum absolute atomic E-state index is 10.1. The van der Waals surface area contributed by atoms with Crippen LogP contribution in [0, 0.1) is 0 Å². The second-order valence-electron chi connectivity index (χ2n) is 3.98. The van der Waals surface area contributed by atoms with Crippen molar-refractivity contribution < 1.29 is 14.9 Å². The molecule has 90 valence electrons. The van der Waals surface area contributed by atoms with Crippen LogP contribution in [0.2, 0.25) is 0 Å². The quantitative estimate of drug-likeness (QED) is 0.770. The predicted molar refractivity (Wildman–Crippen MR) is 65.6 cm³/mol. The summed E-state index contributed by atoms with van der Waals surface area (Å²) in [6, 6.07) is 5.15. The highest BCUT2D eigenvalue weighted by molar-refractivity contribution is 5.42. The summed E-state index contributed by atoms with van der Waals surface area (Å²) in [7, 11) is 0. The van der Waals surface area contributed by atoms with Gasteiger partial charge in [0.25, 0.3) is 0 Å². The second-order valence-corrected chi connectivity index (χ2v) is 3.98. The van der Waals surface area contributed by atoms with E-state index in [9.17, 15) is 10.2 Å². The van der Waals surface area contributed by atoms with Crippen LogP contribution in [0.5, 0.6) is 5.75 Å². The number of allylic oxidation sites excluding steroid dienone is 3. The molecule has 0 spiro atoms. The summed E-state index contributed by atoms with van der Waals surface area (Å²) in [4.78, 5) is 0. The normalized spacial score (nSPS) is 24.4. The number of hydrogen-bond donors (Lipinski definition) is 2. The molecule has 1 aromatic carbocycles. The number of aliphatic hydroxyl groups excluding tert-OH is 1. The van der Waals surface area contributed by atoms with Crippen molar-refractivity contribution in [3.05, 3.63) is 53.6 Å². The van der Waals surface area contributed by atoms with Crippen LogP contribution in [0.15, 0.2) is 42.5 Å². The molecular weight excluding hydrogens is 216 g/mol. The van der Waals surface area contributed by atoms with Crippen molar-refractivity contribution in [1.82, 2.24) is 0 Å². The molecule has 2 N–H and O–H groups in total. The fourth-order valence-electron chi connectivity index (χ4n) is 1.92. The molecular formula is C14H16O3. The average molecular weight is 232 g/mol. The van der Waals surface area contributed by atoms with Crippen LogP contribution >= 0.6 is 0 Å². The Morgan fingerprint density at radius 3 is 2.94 bits per heavy atom. The van der Waals surface area contributed by atoms with Crippen LogP contribution in [0.4, 0.5) is 0 Å². The zero-order valence-corrected chi connectivity index (χ0v) is 9.71. The number of benzene rings is 1. The monoisotopic (exact) mass is 232 g/mol. The van der Waals surface area contributed by atoms with Crippen molar-refractivity contribution in [3.63, 3.8) is 0 Å². The van der Waals surface area contributed by atoms with Gasteiger partial charge in [-0.2, -0.15) is 0 Å². The number of phenols is 1. The lowest BCUT2D eigenvalue weighted by atomic mass is 9.95. The Bertz CT molecular complexity index is 449. The number of aromatic hydroxyl groups is 1. The van der Waals surface area contributed by atoms with E-state index in [-0.39, 0.29) is 11.9 Å². The lowest BCUT2D eigenvalue weighted by Crippen LogP contribution is -2.26. The third-order valence-corrected chi connectivity index (χ3v) is 2.84. The molecule has 2 atom stereocenters. The van der Waals surface area contributed by atoms with Crippen molar-refractivity contribution >= 4 is 0 Å². The molecule has 17 heavy (non-hydrogen) atoms. The van der Waals surface area contributed by atoms with Gasteiger partial charge in [-0.25, -0.2) is 0 Å². The first kappa shape index (κ1) is 11.9. The summed E-state index contributed by atoms with van der Waals surface area (Å²) in [5.74, 6) is 0.178. The van der Waals surface area contributed by atoms with E-state index in [0.717, 1.165) is 5.56 Å². The molecule has 1 aliphatic heterocycles. The van der Waals surface area contributed by atoms with Gasteiger partial charge < -0.3 is 14.9 Å². The summed E-state index contributed by atoms with van der Waals surface area (Å²) >= 11 is 0. The van der Waals surface area contributed by atoms with Crippen LogP contribution in [0.25, 0.3) is 0 Å². The number of phenolic OH excluding ortho intramolecular Hbond substituents is 1. The fourth-order valence-corrected chi connectivity index (χ4v) is 1.92. The van der Waals surface area contributed by atoms with Gasteiger partial charge in [0.15, 0.2) is 0 Å². The second kappa shape index (κ2) is 5.17. The van der Waals surface area contributed by atoms with Crippen LogP contribution in [0.1, 0.15) is 24.2 Å². The molecule has 0 saturated heterocycles. The average Bonchev–Trinajstić information content (AvgIpc) is 2.33. The standard InChI is InChI=1S/C14H16O3/c1-2-3-4-8-13-14(16)10-6-5-7-12(15)11(10)9-17-13/h2-8,13-16H,9H2,1H3/b3-2+,8-4+/t13-,14+/m0/s1. The number of rotatable bonds is 2. The number of fused-ring (bicyclic) bond motifs is 1. The molecule has 3 heteroatoms. The van der Waals surface area contributed by atoms with Gasteiger partial charge in [0.1, 0.15) is 18.0 Å². The molecule has 0 saturated carbocycles. The smallest absolute Gasteiger partial charge is 0.121 e. The number of hydrogen-bond acceptors (Lipinski definition) is 3. The number of ether oxygens (including phenoxy) is 1. The molecule has 0 amide bonds. The molecule has 2 rings (SSSR count). The molecule has 0 aliphatic carbocycles. The molecule has 0 unspecified atom stereocenters. The SMILES string of the molecule is C/C=C/C=C/[C@@H]1OCc2c(O)cccc2[C@H]1O. The van der Waals surface area contributed by atoms with Crippen molar-refractivity contribution in [1.29, 1.82) is 0 Å². The van der Waals surface area contributed by atoms with Gasteiger partial charge in [-0.3, -0.25) is 0 Å². The Balaban J connectivity index is 2.24. The predicted octanol–water partition coefficient (Wildman–Crippen LogP) is 2.46. The van der Waals surface area contributed by atoms with Gasteiger partial charge >= 0.3 is 0 Å². The van der Waals surface area contributed by atoms with E-state index in [4.69, 9.17) is 4.74 Å². The largest absolute Gasteiger partial charge is 0.508 e. The van der Waals surface area contributed by atoms with Crippen LogP contribution < -0.4 is 0 Å². The van der Waals surface area contributed by atoms with Crippen molar-refractivity contribution in [2.45, 2.75) is 25.7 Å². The minimum absolute atomic E-state index is 0.178. The van der Waals surface area contributed by atoms with Crippen LogP contribution in [0.3, 0.4) is 0 Å². The zero-order chi connectivity index (χ0) is 12.3. The third-order valence-electron chi connectivity index (χ3n) is 2.84. The van der Waals surface area contributed by atoms with Gasteiger partial charge in [0.05, 0.1) is 6.61 Å². The van der Waals surface area contributed by atoms with E-state index in [0.29, 0.717) is 12.2 Å². The van der Waals surface area contributed by atoms with Gasteiger partial charge in [0.2, 0.25) is 0 Å². The van der Waals surface area contributed by atoms with Crippen molar-refractivity contribution in [3.8, 4) is 5.75 Å². The molecule has 0 radical (unpaired) electrons. The van der Waals surface area contributed by atoms with Crippen LogP contribution in [-0.2, 0) is 11.3 Å². The van der Waals surface area contributed by atoms with E-state index < -0.39 is 6.10 Å². The summed E-state index contributed by atoms with van der Waals surface area (Å²) in [5.41, 5.74) is 1.42. The Kier molecular flexibility index (Phi) is 3.61. The van der Waals surface area contributed by atoms with Gasteiger partial charge in [-0.15, -0.1) is 0 Å². The maximum Gasteiger partial charge on any atom is 0.121 e. The zero-order valence-electron chi connectivity index (χ0n) is 9.71. The highest BCUT2D eigenvalue weighted by atomic mass is 16.5. The highest BCUT2D eigenvalue weighted by Gasteiger charge is 2.28. The lowest BCUT2D eigenvalue weighted by Gasteiger charge is -2.28. The molecule has 1 heterocycles. The third kappa shape index (κ3) is 2.40. The minimum Gasteiger partial charge on any atom is -0.508 e. The number of aliphatic hydroxyl groups is 1. The van der Waals surface area contributed by atoms with Gasteiger partial charge in [-0.05, 0) is 18.6 Å². The van der Waals surface area contributed by atoms with E-state index >= 15 is 0 Å². The Labute approximate surface area is 101 Å². The first-order valence-corrected chi connectivity index (χ1v) is 5.64. The van der Waals surface area contributed by atoms with E-state index in [1.807, 2.05) is 37.3 Å². The lowest BCUT2D eigenvalue weighted by molar-refractivity contribution is -0.0371.